The lowest BCUT2D eigenvalue weighted by Gasteiger charge is -2.21. The number of methoxy groups -OCH3 is 2. The van der Waals surface area contributed by atoms with Gasteiger partial charge in [0.2, 0.25) is 5.71 Å². The summed E-state index contributed by atoms with van der Waals surface area (Å²) in [5, 5.41) is 12.4. The molecule has 0 radical (unpaired) electrons. The lowest BCUT2D eigenvalue weighted by Crippen LogP contribution is -2.30. The molecule has 2 aromatic carbocycles. The Balaban J connectivity index is 1.96. The van der Waals surface area contributed by atoms with E-state index in [2.05, 4.69) is 0 Å². The van der Waals surface area contributed by atoms with Gasteiger partial charge < -0.3 is 14.7 Å². The quantitative estimate of drug-likeness (QED) is 0.608. The van der Waals surface area contributed by atoms with Crippen LogP contribution in [0.15, 0.2) is 41.3 Å². The first-order valence-electron chi connectivity index (χ1n) is 8.04. The lowest BCUT2D eigenvalue weighted by molar-refractivity contribution is -0.458. The molecule has 5 nitrogen and oxygen atoms in total. The molecular formula is C19H21NO4S. The molecule has 1 unspecified atom stereocenters. The summed E-state index contributed by atoms with van der Waals surface area (Å²) in [6, 6.07) is 11.2. The van der Waals surface area contributed by atoms with E-state index < -0.39 is 10.8 Å². The van der Waals surface area contributed by atoms with Gasteiger partial charge in [0.15, 0.2) is 18.0 Å². The molecule has 0 bridgehead atoms. The van der Waals surface area contributed by atoms with Gasteiger partial charge in [-0.1, -0.05) is 17.7 Å². The molecule has 2 aromatic rings. The van der Waals surface area contributed by atoms with Gasteiger partial charge in [-0.3, -0.25) is 4.21 Å². The number of rotatable bonds is 5. The summed E-state index contributed by atoms with van der Waals surface area (Å²) in [6.45, 7) is 2.33. The Morgan fingerprint density at radius 2 is 1.76 bits per heavy atom. The number of ether oxygens (including phenoxy) is 2. The molecule has 25 heavy (non-hydrogen) atoms. The Hall–Kier alpha value is -2.34. The molecule has 0 spiro atoms. The van der Waals surface area contributed by atoms with E-state index in [9.17, 15) is 9.42 Å². The summed E-state index contributed by atoms with van der Waals surface area (Å²) in [6.07, 6.45) is 0.625. The molecule has 0 saturated heterocycles. The predicted molar refractivity (Wildman–Crippen MR) is 98.3 cm³/mol. The first kappa shape index (κ1) is 17.5. The largest absolute Gasteiger partial charge is 0.624 e. The molecule has 6 heteroatoms. The van der Waals surface area contributed by atoms with Crippen LogP contribution < -0.4 is 9.47 Å². The zero-order valence-electron chi connectivity index (χ0n) is 14.6. The van der Waals surface area contributed by atoms with Crippen molar-refractivity contribution >= 4 is 16.5 Å². The number of hydrogen-bond acceptors (Lipinski definition) is 4. The van der Waals surface area contributed by atoms with Crippen molar-refractivity contribution in [3.05, 3.63) is 58.3 Å². The SMILES string of the molecule is COc1cc2c(cc1OC)C(CS(=O)c1ccc(C)cc1)=[N+]([O-])CC2. The van der Waals surface area contributed by atoms with Crippen molar-refractivity contribution in [3.8, 4) is 11.5 Å². The third kappa shape index (κ3) is 3.54. The van der Waals surface area contributed by atoms with Crippen LogP contribution in [0.3, 0.4) is 0 Å². The van der Waals surface area contributed by atoms with Gasteiger partial charge in [-0.25, -0.2) is 4.74 Å². The van der Waals surface area contributed by atoms with Crippen molar-refractivity contribution < 1.29 is 18.4 Å². The fourth-order valence-electron chi connectivity index (χ4n) is 2.94. The second kappa shape index (κ2) is 7.27. The fraction of sp³-hybridized carbons (Fsp3) is 0.316. The molecule has 0 aromatic heterocycles. The molecule has 0 N–H and O–H groups in total. The van der Waals surface area contributed by atoms with Crippen molar-refractivity contribution in [2.75, 3.05) is 26.5 Å². The van der Waals surface area contributed by atoms with Crippen LogP contribution in [0.1, 0.15) is 16.7 Å². The highest BCUT2D eigenvalue weighted by Crippen LogP contribution is 2.32. The average Bonchev–Trinajstić information content (AvgIpc) is 2.63. The van der Waals surface area contributed by atoms with Crippen molar-refractivity contribution in [2.24, 2.45) is 0 Å². The first-order valence-corrected chi connectivity index (χ1v) is 9.36. The smallest absolute Gasteiger partial charge is 0.207 e. The summed E-state index contributed by atoms with van der Waals surface area (Å²) < 4.78 is 24.4. The Morgan fingerprint density at radius 1 is 1.12 bits per heavy atom. The second-order valence-electron chi connectivity index (χ2n) is 5.97. The molecule has 0 saturated carbocycles. The van der Waals surface area contributed by atoms with Gasteiger partial charge in [-0.2, -0.15) is 0 Å². The Bertz CT molecular complexity index is 843. The topological polar surface area (TPSA) is 61.6 Å². The highest BCUT2D eigenvalue weighted by atomic mass is 32.2. The molecule has 1 atom stereocenters. The Morgan fingerprint density at radius 3 is 2.40 bits per heavy atom. The van der Waals surface area contributed by atoms with Crippen LogP contribution in [-0.2, 0) is 17.2 Å². The van der Waals surface area contributed by atoms with Crippen LogP contribution in [0.2, 0.25) is 0 Å². The maximum Gasteiger partial charge on any atom is 0.207 e. The number of hydrogen-bond donors (Lipinski definition) is 0. The van der Waals surface area contributed by atoms with Crippen molar-refractivity contribution in [1.29, 1.82) is 0 Å². The molecule has 1 aliphatic rings. The second-order valence-corrected chi connectivity index (χ2v) is 7.42. The van der Waals surface area contributed by atoms with Crippen molar-refractivity contribution in [1.82, 2.24) is 0 Å². The van der Waals surface area contributed by atoms with Crippen molar-refractivity contribution in [2.45, 2.75) is 18.2 Å². The first-order chi connectivity index (χ1) is 12.0. The van der Waals surface area contributed by atoms with E-state index in [1.807, 2.05) is 37.3 Å². The van der Waals surface area contributed by atoms with Gasteiger partial charge in [0.05, 0.1) is 30.6 Å². The minimum atomic E-state index is -1.28. The minimum absolute atomic E-state index is 0.176. The molecule has 0 fully saturated rings. The highest BCUT2D eigenvalue weighted by Gasteiger charge is 2.27. The number of benzene rings is 2. The van der Waals surface area contributed by atoms with E-state index in [0.29, 0.717) is 30.2 Å². The summed E-state index contributed by atoms with van der Waals surface area (Å²) in [7, 11) is 1.87. The van der Waals surface area contributed by atoms with Gasteiger partial charge in [-0.15, -0.1) is 0 Å². The van der Waals surface area contributed by atoms with Crippen LogP contribution in [0, 0.1) is 12.1 Å². The third-order valence-corrected chi connectivity index (χ3v) is 5.69. The van der Waals surface area contributed by atoms with Crippen LogP contribution in [0.4, 0.5) is 0 Å². The molecule has 1 aliphatic heterocycles. The molecular weight excluding hydrogens is 338 g/mol. The zero-order chi connectivity index (χ0) is 18.0. The van der Waals surface area contributed by atoms with E-state index in [-0.39, 0.29) is 5.75 Å². The standard InChI is InChI=1S/C19H21NO4S/c1-13-4-6-15(7-5-13)25(22)12-17-16-11-19(24-3)18(23-2)10-14(16)8-9-20(17)21/h4-7,10-11H,8-9,12H2,1-3H3. The number of nitrogens with zero attached hydrogens (tertiary/aromatic N) is 1. The van der Waals surface area contributed by atoms with Gasteiger partial charge in [0, 0.05) is 11.3 Å². The summed E-state index contributed by atoms with van der Waals surface area (Å²) in [4.78, 5) is 0.721. The minimum Gasteiger partial charge on any atom is -0.624 e. The van der Waals surface area contributed by atoms with Gasteiger partial charge in [-0.05, 0) is 36.8 Å². The molecule has 0 amide bonds. The zero-order valence-corrected chi connectivity index (χ0v) is 15.4. The molecule has 3 rings (SSSR count). The number of fused-ring (bicyclic) bond motifs is 1. The fourth-order valence-corrected chi connectivity index (χ4v) is 4.09. The highest BCUT2D eigenvalue weighted by molar-refractivity contribution is 7.85. The van der Waals surface area contributed by atoms with E-state index in [0.717, 1.165) is 26.3 Å². The van der Waals surface area contributed by atoms with Crippen LogP contribution in [-0.4, -0.2) is 41.2 Å². The van der Waals surface area contributed by atoms with E-state index in [1.165, 1.54) is 0 Å². The van der Waals surface area contributed by atoms with E-state index in [4.69, 9.17) is 9.47 Å². The van der Waals surface area contributed by atoms with Crippen LogP contribution in [0.25, 0.3) is 0 Å². The van der Waals surface area contributed by atoms with E-state index >= 15 is 0 Å². The summed E-state index contributed by atoms with van der Waals surface area (Å²) in [5.74, 6) is 1.38. The maximum absolute atomic E-state index is 12.7. The Kier molecular flexibility index (Phi) is 5.08. The number of aryl methyl sites for hydroxylation is 1. The van der Waals surface area contributed by atoms with Gasteiger partial charge in [0.1, 0.15) is 5.75 Å². The predicted octanol–water partition coefficient (Wildman–Crippen LogP) is 2.68. The molecule has 1 heterocycles. The average molecular weight is 359 g/mol. The molecule has 132 valence electrons. The third-order valence-electron chi connectivity index (χ3n) is 4.36. The van der Waals surface area contributed by atoms with Crippen LogP contribution >= 0.6 is 0 Å². The summed E-state index contributed by atoms with van der Waals surface area (Å²) >= 11 is 0. The number of hydroxylamine groups is 1. The van der Waals surface area contributed by atoms with Crippen LogP contribution in [0.5, 0.6) is 11.5 Å². The van der Waals surface area contributed by atoms with Crippen molar-refractivity contribution in [3.63, 3.8) is 0 Å². The maximum atomic E-state index is 12.7. The lowest BCUT2D eigenvalue weighted by atomic mass is 9.97. The summed E-state index contributed by atoms with van der Waals surface area (Å²) in [5.41, 5.74) is 3.44. The van der Waals surface area contributed by atoms with Gasteiger partial charge in [0.25, 0.3) is 0 Å². The van der Waals surface area contributed by atoms with E-state index in [1.54, 1.807) is 20.3 Å². The monoisotopic (exact) mass is 359 g/mol. The molecule has 0 aliphatic carbocycles. The normalized spacial score (nSPS) is 14.8. The van der Waals surface area contributed by atoms with Gasteiger partial charge >= 0.3 is 0 Å². The Labute approximate surface area is 149 Å².